The van der Waals surface area contributed by atoms with Gasteiger partial charge >= 0.3 is 0 Å². The summed E-state index contributed by atoms with van der Waals surface area (Å²) < 4.78 is 19.2. The lowest BCUT2D eigenvalue weighted by atomic mass is 10.0. The third kappa shape index (κ3) is 2.45. The van der Waals surface area contributed by atoms with Gasteiger partial charge in [0.1, 0.15) is 11.6 Å². The van der Waals surface area contributed by atoms with Gasteiger partial charge in [0, 0.05) is 15.6 Å². The number of hydrogen-bond acceptors (Lipinski definition) is 1. The predicted octanol–water partition coefficient (Wildman–Crippen LogP) is 4.92. The zero-order valence-electron chi connectivity index (χ0n) is 9.01. The highest BCUT2D eigenvalue weighted by atomic mass is 79.9. The Balaban J connectivity index is 2.67. The van der Waals surface area contributed by atoms with E-state index in [4.69, 9.17) is 16.3 Å². The Bertz CT molecular complexity index is 557. The highest BCUT2D eigenvalue weighted by Gasteiger charge is 2.12. The molecule has 0 unspecified atom stereocenters. The lowest BCUT2D eigenvalue weighted by Gasteiger charge is -2.11. The average Bonchev–Trinajstić information content (AvgIpc) is 2.33. The van der Waals surface area contributed by atoms with Gasteiger partial charge in [-0.25, -0.2) is 4.39 Å². The molecule has 2 aromatic rings. The Hall–Kier alpha value is -1.06. The number of benzene rings is 2. The van der Waals surface area contributed by atoms with Gasteiger partial charge in [-0.05, 0) is 40.2 Å². The fraction of sp³-hybridized carbons (Fsp3) is 0.0769. The van der Waals surface area contributed by atoms with Gasteiger partial charge < -0.3 is 4.74 Å². The summed E-state index contributed by atoms with van der Waals surface area (Å²) in [6.45, 7) is 0. The van der Waals surface area contributed by atoms with Crippen molar-refractivity contribution in [2.45, 2.75) is 0 Å². The summed E-state index contributed by atoms with van der Waals surface area (Å²) in [5.74, 6) is 0.294. The van der Waals surface area contributed by atoms with Crippen LogP contribution >= 0.6 is 27.5 Å². The molecule has 88 valence electrons. The second-order valence-corrected chi connectivity index (χ2v) is 4.65. The minimum absolute atomic E-state index is 0.312. The molecule has 0 saturated carbocycles. The molecule has 4 heteroatoms. The molecule has 2 rings (SSSR count). The summed E-state index contributed by atoms with van der Waals surface area (Å²) in [6.07, 6.45) is 0. The third-order valence-electron chi connectivity index (χ3n) is 2.40. The van der Waals surface area contributed by atoms with Crippen molar-refractivity contribution in [3.05, 3.63) is 51.7 Å². The van der Waals surface area contributed by atoms with Crippen molar-refractivity contribution in [1.29, 1.82) is 0 Å². The van der Waals surface area contributed by atoms with Gasteiger partial charge in [0.2, 0.25) is 0 Å². The minimum atomic E-state index is -0.312. The highest BCUT2D eigenvalue weighted by molar-refractivity contribution is 9.10. The van der Waals surface area contributed by atoms with Gasteiger partial charge in [0.25, 0.3) is 0 Å². The van der Waals surface area contributed by atoms with Gasteiger partial charge in [0.05, 0.1) is 12.1 Å². The molecule has 0 N–H and O–H groups in total. The van der Waals surface area contributed by atoms with E-state index in [1.54, 1.807) is 19.2 Å². The minimum Gasteiger partial charge on any atom is -0.496 e. The van der Waals surface area contributed by atoms with E-state index < -0.39 is 0 Å². The summed E-state index contributed by atoms with van der Waals surface area (Å²) in [6, 6.07) is 9.81. The summed E-state index contributed by atoms with van der Waals surface area (Å²) in [5, 5.41) is 0.578. The summed E-state index contributed by atoms with van der Waals surface area (Å²) in [5.41, 5.74) is 1.47. The Labute approximate surface area is 112 Å². The highest BCUT2D eigenvalue weighted by Crippen LogP contribution is 2.38. The molecule has 17 heavy (non-hydrogen) atoms. The Kier molecular flexibility index (Phi) is 3.69. The molecule has 0 amide bonds. The molecular weight excluding hydrogens is 306 g/mol. The van der Waals surface area contributed by atoms with Gasteiger partial charge in [-0.1, -0.05) is 23.7 Å². The average molecular weight is 316 g/mol. The molecular formula is C13H9BrClFO. The molecule has 0 aliphatic carbocycles. The van der Waals surface area contributed by atoms with Crippen LogP contribution in [0, 0.1) is 5.82 Å². The Morgan fingerprint density at radius 2 is 1.94 bits per heavy atom. The van der Waals surface area contributed by atoms with Crippen LogP contribution in [-0.4, -0.2) is 7.11 Å². The van der Waals surface area contributed by atoms with E-state index in [1.807, 2.05) is 12.1 Å². The molecule has 0 fully saturated rings. The SMILES string of the molecule is COc1ccc(F)cc1-c1cccc(Cl)c1Br. The predicted molar refractivity (Wildman–Crippen MR) is 71.1 cm³/mol. The van der Waals surface area contributed by atoms with E-state index >= 15 is 0 Å². The molecule has 0 aromatic heterocycles. The molecule has 0 saturated heterocycles. The first-order valence-corrected chi connectivity index (χ1v) is 6.08. The topological polar surface area (TPSA) is 9.23 Å². The summed E-state index contributed by atoms with van der Waals surface area (Å²) >= 11 is 9.41. The Morgan fingerprint density at radius 3 is 2.65 bits per heavy atom. The van der Waals surface area contributed by atoms with Crippen LogP contribution in [0.3, 0.4) is 0 Å². The van der Waals surface area contributed by atoms with E-state index in [0.717, 1.165) is 10.0 Å². The van der Waals surface area contributed by atoms with E-state index in [-0.39, 0.29) is 5.82 Å². The van der Waals surface area contributed by atoms with Gasteiger partial charge in [-0.15, -0.1) is 0 Å². The number of methoxy groups -OCH3 is 1. The fourth-order valence-corrected chi connectivity index (χ4v) is 2.25. The second kappa shape index (κ2) is 5.07. The number of halogens is 3. The van der Waals surface area contributed by atoms with Crippen molar-refractivity contribution in [1.82, 2.24) is 0 Å². The van der Waals surface area contributed by atoms with Crippen molar-refractivity contribution in [3.63, 3.8) is 0 Å². The molecule has 0 bridgehead atoms. The molecule has 1 nitrogen and oxygen atoms in total. The third-order valence-corrected chi connectivity index (χ3v) is 3.80. The molecule has 0 spiro atoms. The van der Waals surface area contributed by atoms with E-state index in [2.05, 4.69) is 15.9 Å². The van der Waals surface area contributed by atoms with Crippen molar-refractivity contribution in [3.8, 4) is 16.9 Å². The monoisotopic (exact) mass is 314 g/mol. The zero-order valence-corrected chi connectivity index (χ0v) is 11.3. The van der Waals surface area contributed by atoms with Crippen molar-refractivity contribution in [2.75, 3.05) is 7.11 Å². The van der Waals surface area contributed by atoms with Gasteiger partial charge in [-0.3, -0.25) is 0 Å². The van der Waals surface area contributed by atoms with Crippen molar-refractivity contribution >= 4 is 27.5 Å². The first kappa shape index (κ1) is 12.4. The molecule has 0 atom stereocenters. The van der Waals surface area contributed by atoms with Crippen LogP contribution < -0.4 is 4.74 Å². The summed E-state index contributed by atoms with van der Waals surface area (Å²) in [4.78, 5) is 0. The number of rotatable bonds is 2. The maximum Gasteiger partial charge on any atom is 0.126 e. The van der Waals surface area contributed by atoms with Crippen LogP contribution in [-0.2, 0) is 0 Å². The van der Waals surface area contributed by atoms with E-state index in [0.29, 0.717) is 16.3 Å². The van der Waals surface area contributed by atoms with Crippen LogP contribution in [0.2, 0.25) is 5.02 Å². The maximum atomic E-state index is 13.3. The molecule has 0 aliphatic rings. The summed E-state index contributed by atoms with van der Waals surface area (Å²) in [7, 11) is 1.55. The standard InChI is InChI=1S/C13H9BrClFO/c1-17-12-6-5-8(16)7-10(12)9-3-2-4-11(15)13(9)14/h2-7H,1H3. The maximum absolute atomic E-state index is 13.3. The van der Waals surface area contributed by atoms with Crippen molar-refractivity contribution in [2.24, 2.45) is 0 Å². The van der Waals surface area contributed by atoms with Gasteiger partial charge in [0.15, 0.2) is 0 Å². The van der Waals surface area contributed by atoms with E-state index in [1.165, 1.54) is 12.1 Å². The largest absolute Gasteiger partial charge is 0.496 e. The second-order valence-electron chi connectivity index (χ2n) is 3.45. The van der Waals surface area contributed by atoms with Crippen molar-refractivity contribution < 1.29 is 9.13 Å². The first-order chi connectivity index (χ1) is 8.13. The van der Waals surface area contributed by atoms with Crippen LogP contribution in [0.5, 0.6) is 5.75 Å². The fourth-order valence-electron chi connectivity index (χ4n) is 1.60. The quantitative estimate of drug-likeness (QED) is 0.764. The lowest BCUT2D eigenvalue weighted by molar-refractivity contribution is 0.415. The van der Waals surface area contributed by atoms with Crippen LogP contribution in [0.25, 0.3) is 11.1 Å². The first-order valence-electron chi connectivity index (χ1n) is 4.91. The zero-order chi connectivity index (χ0) is 12.4. The normalized spacial score (nSPS) is 10.4. The molecule has 0 radical (unpaired) electrons. The van der Waals surface area contributed by atoms with Gasteiger partial charge in [-0.2, -0.15) is 0 Å². The van der Waals surface area contributed by atoms with Crippen LogP contribution in [0.15, 0.2) is 40.9 Å². The lowest BCUT2D eigenvalue weighted by Crippen LogP contribution is -1.90. The smallest absolute Gasteiger partial charge is 0.126 e. The van der Waals surface area contributed by atoms with Crippen LogP contribution in [0.1, 0.15) is 0 Å². The molecule has 0 heterocycles. The van der Waals surface area contributed by atoms with Crippen LogP contribution in [0.4, 0.5) is 4.39 Å². The molecule has 0 aliphatic heterocycles. The molecule has 2 aromatic carbocycles. The number of hydrogen-bond donors (Lipinski definition) is 0. The van der Waals surface area contributed by atoms with E-state index in [9.17, 15) is 4.39 Å². The number of ether oxygens (including phenoxy) is 1. The Morgan fingerprint density at radius 1 is 1.18 bits per heavy atom.